The van der Waals surface area contributed by atoms with E-state index in [1.54, 1.807) is 11.6 Å². The van der Waals surface area contributed by atoms with Crippen LogP contribution in [-0.2, 0) is 7.05 Å². The van der Waals surface area contributed by atoms with E-state index in [1.165, 1.54) is 6.33 Å². The van der Waals surface area contributed by atoms with Gasteiger partial charge in [0.05, 0.1) is 12.5 Å². The van der Waals surface area contributed by atoms with Gasteiger partial charge in [0.1, 0.15) is 11.2 Å². The van der Waals surface area contributed by atoms with Gasteiger partial charge in [-0.05, 0) is 0 Å². The maximum absolute atomic E-state index is 10.9. The van der Waals surface area contributed by atoms with Crippen molar-refractivity contribution in [2.45, 2.75) is 0 Å². The molecule has 0 aliphatic carbocycles. The van der Waals surface area contributed by atoms with Gasteiger partial charge < -0.3 is 9.55 Å². The molecule has 2 rings (SSSR count). The van der Waals surface area contributed by atoms with Crippen LogP contribution in [0.15, 0.2) is 17.3 Å². The summed E-state index contributed by atoms with van der Waals surface area (Å²) in [5, 5.41) is 7.42. The molecule has 0 atom stereocenters. The molecule has 2 heterocycles. The highest BCUT2D eigenvalue weighted by Crippen LogP contribution is 1.95. The minimum absolute atomic E-state index is 0.0596. The SMILES string of the molecule is Cn1cnc(=N)c2ncc(=O)[nH]c21. The van der Waals surface area contributed by atoms with Crippen LogP contribution in [0, 0.1) is 5.41 Å². The smallest absolute Gasteiger partial charge is 0.267 e. The van der Waals surface area contributed by atoms with E-state index in [4.69, 9.17) is 5.41 Å². The maximum Gasteiger partial charge on any atom is 0.267 e. The summed E-state index contributed by atoms with van der Waals surface area (Å²) in [6.07, 6.45) is 2.60. The van der Waals surface area contributed by atoms with Gasteiger partial charge in [0, 0.05) is 7.05 Å². The molecule has 66 valence electrons. The summed E-state index contributed by atoms with van der Waals surface area (Å²) >= 11 is 0. The molecule has 0 saturated heterocycles. The van der Waals surface area contributed by atoms with Crippen LogP contribution in [-0.4, -0.2) is 19.5 Å². The van der Waals surface area contributed by atoms with E-state index >= 15 is 0 Å². The summed E-state index contributed by atoms with van der Waals surface area (Å²) in [4.78, 5) is 21.1. The Kier molecular flexibility index (Phi) is 1.48. The molecule has 2 aromatic heterocycles. The first-order chi connectivity index (χ1) is 6.18. The quantitative estimate of drug-likeness (QED) is 0.548. The number of hydrogen-bond acceptors (Lipinski definition) is 4. The highest BCUT2D eigenvalue weighted by molar-refractivity contribution is 5.67. The second-order valence-electron chi connectivity index (χ2n) is 2.65. The Morgan fingerprint density at radius 3 is 3.08 bits per heavy atom. The largest absolute Gasteiger partial charge is 0.320 e. The third kappa shape index (κ3) is 1.12. The van der Waals surface area contributed by atoms with Crippen LogP contribution in [0.2, 0.25) is 0 Å². The predicted octanol–water partition coefficient (Wildman–Crippen LogP) is -0.864. The number of aromatic amines is 1. The van der Waals surface area contributed by atoms with Crippen LogP contribution < -0.4 is 11.0 Å². The summed E-state index contributed by atoms with van der Waals surface area (Å²) in [5.41, 5.74) is 0.676. The third-order valence-corrected chi connectivity index (χ3v) is 1.71. The topological polar surface area (TPSA) is 87.4 Å². The molecule has 2 aromatic rings. The average molecular weight is 177 g/mol. The van der Waals surface area contributed by atoms with E-state index in [0.29, 0.717) is 11.2 Å². The fourth-order valence-corrected chi connectivity index (χ4v) is 1.08. The Morgan fingerprint density at radius 2 is 2.31 bits per heavy atom. The predicted molar refractivity (Wildman–Crippen MR) is 45.0 cm³/mol. The standard InChI is InChI=1S/C7H7N5O/c1-12-3-10-6(8)5-7(12)11-4(13)2-9-5/h2-3,8H,1H3,(H,11,13). The molecule has 0 amide bonds. The van der Waals surface area contributed by atoms with Crippen molar-refractivity contribution in [3.8, 4) is 0 Å². The highest BCUT2D eigenvalue weighted by Gasteiger charge is 2.00. The zero-order chi connectivity index (χ0) is 9.42. The Labute approximate surface area is 72.4 Å². The minimum Gasteiger partial charge on any atom is -0.320 e. The van der Waals surface area contributed by atoms with Crippen molar-refractivity contribution in [2.24, 2.45) is 7.05 Å². The van der Waals surface area contributed by atoms with E-state index in [2.05, 4.69) is 15.0 Å². The lowest BCUT2D eigenvalue weighted by atomic mass is 10.5. The fourth-order valence-electron chi connectivity index (χ4n) is 1.08. The molecular formula is C7H7N5O. The van der Waals surface area contributed by atoms with Gasteiger partial charge in [0.2, 0.25) is 0 Å². The number of H-pyrrole nitrogens is 1. The summed E-state index contributed by atoms with van der Waals surface area (Å²) in [6.45, 7) is 0. The van der Waals surface area contributed by atoms with Crippen molar-refractivity contribution in [1.82, 2.24) is 19.5 Å². The van der Waals surface area contributed by atoms with Crippen molar-refractivity contribution >= 4 is 11.2 Å². The molecule has 0 unspecified atom stereocenters. The first kappa shape index (κ1) is 7.66. The van der Waals surface area contributed by atoms with Crippen LogP contribution in [0.25, 0.3) is 11.2 Å². The lowest BCUT2D eigenvalue weighted by Gasteiger charge is -2.01. The molecule has 0 spiro atoms. The average Bonchev–Trinajstić information content (AvgIpc) is 2.12. The first-order valence-electron chi connectivity index (χ1n) is 3.64. The van der Waals surface area contributed by atoms with Crippen LogP contribution in [0.5, 0.6) is 0 Å². The number of aryl methyl sites for hydroxylation is 1. The second kappa shape index (κ2) is 2.51. The van der Waals surface area contributed by atoms with Gasteiger partial charge in [-0.2, -0.15) is 0 Å². The van der Waals surface area contributed by atoms with Crippen LogP contribution in [0.4, 0.5) is 0 Å². The van der Waals surface area contributed by atoms with Crippen molar-refractivity contribution in [2.75, 3.05) is 0 Å². The second-order valence-corrected chi connectivity index (χ2v) is 2.65. The Hall–Kier alpha value is -1.98. The molecule has 0 aliphatic heterocycles. The summed E-state index contributed by atoms with van der Waals surface area (Å²) in [7, 11) is 1.73. The molecule has 2 N–H and O–H groups in total. The number of fused-ring (bicyclic) bond motifs is 1. The Bertz CT molecular complexity index is 567. The zero-order valence-electron chi connectivity index (χ0n) is 6.90. The zero-order valence-corrected chi connectivity index (χ0v) is 6.90. The lowest BCUT2D eigenvalue weighted by molar-refractivity contribution is 0.860. The van der Waals surface area contributed by atoms with Gasteiger partial charge in [-0.15, -0.1) is 0 Å². The van der Waals surface area contributed by atoms with Crippen LogP contribution >= 0.6 is 0 Å². The number of rotatable bonds is 0. The molecule has 0 aliphatic rings. The molecular weight excluding hydrogens is 170 g/mol. The monoisotopic (exact) mass is 177 g/mol. The van der Waals surface area contributed by atoms with Gasteiger partial charge in [-0.3, -0.25) is 10.2 Å². The normalized spacial score (nSPS) is 10.5. The number of nitrogens with zero attached hydrogens (tertiary/aromatic N) is 3. The van der Waals surface area contributed by atoms with Crippen molar-refractivity contribution in [1.29, 1.82) is 5.41 Å². The van der Waals surface area contributed by atoms with Crippen molar-refractivity contribution in [3.63, 3.8) is 0 Å². The summed E-state index contributed by atoms with van der Waals surface area (Å²) in [6, 6.07) is 0. The van der Waals surface area contributed by atoms with Gasteiger partial charge in [-0.25, -0.2) is 9.97 Å². The number of nitrogens with one attached hydrogen (secondary N) is 2. The van der Waals surface area contributed by atoms with Crippen molar-refractivity contribution in [3.05, 3.63) is 28.4 Å². The third-order valence-electron chi connectivity index (χ3n) is 1.71. The lowest BCUT2D eigenvalue weighted by Crippen LogP contribution is -2.17. The van der Waals surface area contributed by atoms with Gasteiger partial charge in [0.15, 0.2) is 5.49 Å². The Balaban J connectivity index is 3.09. The molecule has 6 nitrogen and oxygen atoms in total. The number of hydrogen-bond donors (Lipinski definition) is 2. The molecule has 13 heavy (non-hydrogen) atoms. The number of aromatic nitrogens is 4. The molecule has 0 radical (unpaired) electrons. The van der Waals surface area contributed by atoms with Gasteiger partial charge in [0.25, 0.3) is 5.56 Å². The van der Waals surface area contributed by atoms with Crippen LogP contribution in [0.1, 0.15) is 0 Å². The fraction of sp³-hybridized carbons (Fsp3) is 0.143. The van der Waals surface area contributed by atoms with Crippen LogP contribution in [0.3, 0.4) is 0 Å². The van der Waals surface area contributed by atoms with Crippen molar-refractivity contribution < 1.29 is 0 Å². The highest BCUT2D eigenvalue weighted by atomic mass is 16.1. The van der Waals surface area contributed by atoms with E-state index in [-0.39, 0.29) is 11.0 Å². The molecule has 0 fully saturated rings. The summed E-state index contributed by atoms with van der Waals surface area (Å²) in [5.74, 6) is 0. The molecule has 6 heteroatoms. The maximum atomic E-state index is 10.9. The van der Waals surface area contributed by atoms with E-state index in [0.717, 1.165) is 6.20 Å². The van der Waals surface area contributed by atoms with E-state index in [1.807, 2.05) is 0 Å². The molecule has 0 saturated carbocycles. The molecule has 0 bridgehead atoms. The van der Waals surface area contributed by atoms with E-state index < -0.39 is 0 Å². The first-order valence-corrected chi connectivity index (χ1v) is 3.64. The summed E-state index contributed by atoms with van der Waals surface area (Å²) < 4.78 is 1.61. The van der Waals surface area contributed by atoms with E-state index in [9.17, 15) is 4.79 Å². The molecule has 0 aromatic carbocycles. The Morgan fingerprint density at radius 1 is 1.54 bits per heavy atom. The minimum atomic E-state index is -0.284. The van der Waals surface area contributed by atoms with Gasteiger partial charge >= 0.3 is 0 Å². The van der Waals surface area contributed by atoms with Gasteiger partial charge in [-0.1, -0.05) is 0 Å².